The van der Waals surface area contributed by atoms with E-state index in [0.717, 1.165) is 12.0 Å². The van der Waals surface area contributed by atoms with Crippen LogP contribution >= 0.6 is 0 Å². The van der Waals surface area contributed by atoms with E-state index in [1.807, 2.05) is 13.8 Å². The van der Waals surface area contributed by atoms with Crippen LogP contribution in [0.4, 0.5) is 0 Å². The average Bonchev–Trinajstić information content (AvgIpc) is 2.44. The lowest BCUT2D eigenvalue weighted by Gasteiger charge is -2.16. The highest BCUT2D eigenvalue weighted by atomic mass is 16.5. The van der Waals surface area contributed by atoms with E-state index in [1.165, 1.54) is 19.9 Å². The van der Waals surface area contributed by atoms with Crippen molar-refractivity contribution in [1.82, 2.24) is 0 Å². The van der Waals surface area contributed by atoms with E-state index in [0.29, 0.717) is 30.8 Å². The Kier molecular flexibility index (Phi) is 7.45. The Morgan fingerprint density at radius 2 is 1.70 bits per heavy atom. The predicted molar refractivity (Wildman–Crippen MR) is 86.6 cm³/mol. The standard InChI is InChI=1S/C18H24O5/c1-5-6-15(21)8-7-12(2)17-10-9-16(22-13(3)19)11-18(17)23-14(4)20/h9-12H,5-8H2,1-4H3. The molecule has 0 amide bonds. The summed E-state index contributed by atoms with van der Waals surface area (Å²) in [6.07, 6.45) is 2.62. The van der Waals surface area contributed by atoms with Crippen molar-refractivity contribution in [3.05, 3.63) is 23.8 Å². The smallest absolute Gasteiger partial charge is 0.308 e. The molecule has 0 aliphatic heterocycles. The number of rotatable bonds is 8. The van der Waals surface area contributed by atoms with E-state index in [2.05, 4.69) is 0 Å². The molecule has 0 N–H and O–H groups in total. The molecule has 0 aromatic heterocycles. The van der Waals surface area contributed by atoms with Crippen LogP contribution in [-0.4, -0.2) is 17.7 Å². The second kappa shape index (κ2) is 9.08. The van der Waals surface area contributed by atoms with Gasteiger partial charge in [-0.3, -0.25) is 14.4 Å². The van der Waals surface area contributed by atoms with E-state index in [1.54, 1.807) is 12.1 Å². The number of carbonyl (C=O) groups excluding carboxylic acids is 3. The largest absolute Gasteiger partial charge is 0.427 e. The molecule has 5 heteroatoms. The van der Waals surface area contributed by atoms with Crippen LogP contribution in [0.5, 0.6) is 11.5 Å². The molecule has 0 fully saturated rings. The van der Waals surface area contributed by atoms with Crippen LogP contribution in [0.3, 0.4) is 0 Å². The Balaban J connectivity index is 2.91. The first-order chi connectivity index (χ1) is 10.8. The van der Waals surface area contributed by atoms with Gasteiger partial charge in [-0.15, -0.1) is 0 Å². The number of benzene rings is 1. The van der Waals surface area contributed by atoms with Gasteiger partial charge in [0.2, 0.25) is 0 Å². The molecular formula is C18H24O5. The van der Waals surface area contributed by atoms with Gasteiger partial charge in [-0.1, -0.05) is 19.9 Å². The Morgan fingerprint density at radius 1 is 1.04 bits per heavy atom. The van der Waals surface area contributed by atoms with Crippen molar-refractivity contribution in [2.45, 2.75) is 59.3 Å². The summed E-state index contributed by atoms with van der Waals surface area (Å²) in [4.78, 5) is 34.0. The topological polar surface area (TPSA) is 69.7 Å². The van der Waals surface area contributed by atoms with E-state index in [4.69, 9.17) is 9.47 Å². The minimum Gasteiger partial charge on any atom is -0.427 e. The van der Waals surface area contributed by atoms with Crippen molar-refractivity contribution in [2.75, 3.05) is 0 Å². The van der Waals surface area contributed by atoms with Crippen molar-refractivity contribution in [3.8, 4) is 11.5 Å². The molecule has 126 valence electrons. The van der Waals surface area contributed by atoms with Gasteiger partial charge in [0, 0.05) is 32.8 Å². The number of Topliss-reactive ketones (excluding diaryl/α,β-unsaturated/α-hetero) is 1. The Labute approximate surface area is 137 Å². The van der Waals surface area contributed by atoms with E-state index in [9.17, 15) is 14.4 Å². The molecule has 1 unspecified atom stereocenters. The molecule has 1 atom stereocenters. The molecule has 23 heavy (non-hydrogen) atoms. The Hall–Kier alpha value is -2.17. The molecule has 0 heterocycles. The van der Waals surface area contributed by atoms with Crippen molar-refractivity contribution in [2.24, 2.45) is 0 Å². The Bertz CT molecular complexity index is 577. The average molecular weight is 320 g/mol. The second-order valence-electron chi connectivity index (χ2n) is 5.62. The highest BCUT2D eigenvalue weighted by molar-refractivity contribution is 5.78. The van der Waals surface area contributed by atoms with E-state index >= 15 is 0 Å². The maximum atomic E-state index is 11.7. The zero-order valence-corrected chi connectivity index (χ0v) is 14.2. The van der Waals surface area contributed by atoms with Gasteiger partial charge >= 0.3 is 11.9 Å². The van der Waals surface area contributed by atoms with Crippen LogP contribution in [0.1, 0.15) is 64.9 Å². The lowest BCUT2D eigenvalue weighted by atomic mass is 9.93. The third-order valence-electron chi connectivity index (χ3n) is 3.42. The van der Waals surface area contributed by atoms with Crippen LogP contribution in [0.2, 0.25) is 0 Å². The van der Waals surface area contributed by atoms with Gasteiger partial charge in [0.15, 0.2) is 0 Å². The SMILES string of the molecule is CCCC(=O)CCC(C)c1ccc(OC(C)=O)cc1OC(C)=O. The normalized spacial score (nSPS) is 11.7. The molecule has 0 aliphatic rings. The van der Waals surface area contributed by atoms with Crippen LogP contribution in [0, 0.1) is 0 Å². The molecule has 1 aromatic rings. The van der Waals surface area contributed by atoms with Gasteiger partial charge in [-0.2, -0.15) is 0 Å². The van der Waals surface area contributed by atoms with E-state index < -0.39 is 11.9 Å². The first kappa shape index (κ1) is 18.9. The van der Waals surface area contributed by atoms with Crippen LogP contribution < -0.4 is 9.47 Å². The molecule has 0 saturated carbocycles. The molecular weight excluding hydrogens is 296 g/mol. The van der Waals surface area contributed by atoms with Crippen molar-refractivity contribution in [3.63, 3.8) is 0 Å². The zero-order chi connectivity index (χ0) is 17.4. The number of esters is 2. The molecule has 0 aliphatic carbocycles. The monoisotopic (exact) mass is 320 g/mol. The summed E-state index contributed by atoms with van der Waals surface area (Å²) >= 11 is 0. The second-order valence-corrected chi connectivity index (χ2v) is 5.62. The zero-order valence-electron chi connectivity index (χ0n) is 14.2. The fourth-order valence-electron chi connectivity index (χ4n) is 2.33. The fraction of sp³-hybridized carbons (Fsp3) is 0.500. The molecule has 1 rings (SSSR count). The number of carbonyl (C=O) groups is 3. The first-order valence-corrected chi connectivity index (χ1v) is 7.86. The van der Waals surface area contributed by atoms with Gasteiger partial charge in [-0.05, 0) is 30.4 Å². The van der Waals surface area contributed by atoms with Crippen LogP contribution in [0.15, 0.2) is 18.2 Å². The van der Waals surface area contributed by atoms with Crippen molar-refractivity contribution < 1.29 is 23.9 Å². The fourth-order valence-corrected chi connectivity index (χ4v) is 2.33. The number of ether oxygens (including phenoxy) is 2. The van der Waals surface area contributed by atoms with Crippen LogP contribution in [0.25, 0.3) is 0 Å². The third-order valence-corrected chi connectivity index (χ3v) is 3.42. The number of hydrogen-bond donors (Lipinski definition) is 0. The minimum atomic E-state index is -0.444. The summed E-state index contributed by atoms with van der Waals surface area (Å²) in [7, 11) is 0. The summed E-state index contributed by atoms with van der Waals surface area (Å²) in [6, 6.07) is 4.96. The summed E-state index contributed by atoms with van der Waals surface area (Å²) in [6.45, 7) is 6.58. The van der Waals surface area contributed by atoms with Gasteiger partial charge in [0.1, 0.15) is 17.3 Å². The minimum absolute atomic E-state index is 0.0523. The maximum Gasteiger partial charge on any atom is 0.308 e. The highest BCUT2D eigenvalue weighted by Crippen LogP contribution is 2.33. The Morgan fingerprint density at radius 3 is 2.26 bits per heavy atom. The van der Waals surface area contributed by atoms with Gasteiger partial charge < -0.3 is 9.47 Å². The molecule has 5 nitrogen and oxygen atoms in total. The summed E-state index contributed by atoms with van der Waals surface area (Å²) in [5.41, 5.74) is 0.820. The number of hydrogen-bond acceptors (Lipinski definition) is 5. The lowest BCUT2D eigenvalue weighted by Crippen LogP contribution is -2.08. The molecule has 0 saturated heterocycles. The first-order valence-electron chi connectivity index (χ1n) is 7.86. The lowest BCUT2D eigenvalue weighted by molar-refractivity contribution is -0.132. The van der Waals surface area contributed by atoms with Gasteiger partial charge in [0.05, 0.1) is 0 Å². The van der Waals surface area contributed by atoms with Crippen molar-refractivity contribution in [1.29, 1.82) is 0 Å². The summed E-state index contributed by atoms with van der Waals surface area (Å²) in [5, 5.41) is 0. The van der Waals surface area contributed by atoms with Gasteiger partial charge in [0.25, 0.3) is 0 Å². The predicted octanol–water partition coefficient (Wildman–Crippen LogP) is 3.79. The number of ketones is 1. The van der Waals surface area contributed by atoms with E-state index in [-0.39, 0.29) is 11.7 Å². The quantitative estimate of drug-likeness (QED) is 0.538. The molecule has 0 spiro atoms. The van der Waals surface area contributed by atoms with Gasteiger partial charge in [-0.25, -0.2) is 0 Å². The highest BCUT2D eigenvalue weighted by Gasteiger charge is 2.16. The van der Waals surface area contributed by atoms with Crippen molar-refractivity contribution >= 4 is 17.7 Å². The molecule has 0 radical (unpaired) electrons. The third kappa shape index (κ3) is 6.63. The summed E-state index contributed by atoms with van der Waals surface area (Å²) in [5.74, 6) is 0.102. The van der Waals surface area contributed by atoms with Crippen LogP contribution in [-0.2, 0) is 14.4 Å². The molecule has 0 bridgehead atoms. The molecule has 1 aromatic carbocycles. The maximum absolute atomic E-state index is 11.7. The summed E-state index contributed by atoms with van der Waals surface area (Å²) < 4.78 is 10.2.